The van der Waals surface area contributed by atoms with Crippen LogP contribution in [0.5, 0.6) is 5.75 Å². The summed E-state index contributed by atoms with van der Waals surface area (Å²) in [4.78, 5) is 9.90. The molecule has 0 fully saturated rings. The first-order valence-corrected chi connectivity index (χ1v) is 10.4. The molecule has 0 aliphatic carbocycles. The second-order valence-corrected chi connectivity index (χ2v) is 8.34. The maximum Gasteiger partial charge on any atom is 0.160 e. The van der Waals surface area contributed by atoms with Crippen molar-refractivity contribution in [1.29, 1.82) is 0 Å². The summed E-state index contributed by atoms with van der Waals surface area (Å²) in [7, 11) is 1.70. The lowest BCUT2D eigenvalue weighted by atomic mass is 10.2. The van der Waals surface area contributed by atoms with Crippen LogP contribution in [0.4, 0.5) is 0 Å². The predicted molar refractivity (Wildman–Crippen MR) is 120 cm³/mol. The molecule has 0 spiro atoms. The highest BCUT2D eigenvalue weighted by atomic mass is 79.9. The molecule has 5 rings (SSSR count). The first-order chi connectivity index (χ1) is 13.7. The molecule has 2 heterocycles. The second kappa shape index (κ2) is 6.87. The maximum atomic E-state index is 5.57. The van der Waals surface area contributed by atoms with E-state index < -0.39 is 0 Å². The van der Waals surface area contributed by atoms with Crippen molar-refractivity contribution < 1.29 is 4.74 Å². The number of methoxy groups -OCH3 is 1. The summed E-state index contributed by atoms with van der Waals surface area (Å²) in [5.74, 6) is 0.861. The van der Waals surface area contributed by atoms with E-state index in [1.807, 2.05) is 42.5 Å². The molecule has 0 amide bonds. The highest BCUT2D eigenvalue weighted by Crippen LogP contribution is 2.36. The Morgan fingerprint density at radius 3 is 2.43 bits per heavy atom. The number of aromatic nitrogens is 3. The topological polar surface area (TPSA) is 39.9 Å². The zero-order valence-electron chi connectivity index (χ0n) is 15.0. The van der Waals surface area contributed by atoms with Gasteiger partial charge in [0.1, 0.15) is 11.3 Å². The highest BCUT2D eigenvalue weighted by Gasteiger charge is 2.18. The molecule has 138 valence electrons. The first-order valence-electron chi connectivity index (χ1n) is 8.81. The number of nitrogens with zero attached hydrogens (tertiary/aromatic N) is 3. The average molecular weight is 497 g/mol. The average Bonchev–Trinajstić information content (AvgIpc) is 2.99. The van der Waals surface area contributed by atoms with E-state index in [2.05, 4.69) is 54.6 Å². The predicted octanol–water partition coefficient (Wildman–Crippen LogP) is 6.32. The number of halogens is 2. The van der Waals surface area contributed by atoms with E-state index >= 15 is 0 Å². The minimum absolute atomic E-state index is 0.636. The summed E-state index contributed by atoms with van der Waals surface area (Å²) in [5, 5.41) is 1.06. The van der Waals surface area contributed by atoms with E-state index in [0.717, 1.165) is 53.4 Å². The lowest BCUT2D eigenvalue weighted by Gasteiger charge is -2.12. The van der Waals surface area contributed by atoms with E-state index in [-0.39, 0.29) is 0 Å². The quantitative estimate of drug-likeness (QED) is 0.293. The van der Waals surface area contributed by atoms with Gasteiger partial charge in [-0.1, -0.05) is 46.3 Å². The van der Waals surface area contributed by atoms with Gasteiger partial charge in [0.25, 0.3) is 0 Å². The molecule has 0 saturated heterocycles. The van der Waals surface area contributed by atoms with Crippen molar-refractivity contribution in [1.82, 2.24) is 14.5 Å². The van der Waals surface area contributed by atoms with Gasteiger partial charge < -0.3 is 9.30 Å². The van der Waals surface area contributed by atoms with Crippen LogP contribution in [0.25, 0.3) is 33.1 Å². The van der Waals surface area contributed by atoms with Crippen LogP contribution in [0.15, 0.2) is 69.6 Å². The van der Waals surface area contributed by atoms with Crippen LogP contribution >= 0.6 is 31.9 Å². The Labute approximate surface area is 178 Å². The standard InChI is InChI=1S/C22H15Br2N3O/c1-28-19-9-5-2-6-13(19)12-27-21-15(10-14(23)11-16(21)24)20-22(27)26-18-8-4-3-7-17(18)25-20/h2-11H,12H2,1H3. The van der Waals surface area contributed by atoms with E-state index in [1.165, 1.54) is 0 Å². The summed E-state index contributed by atoms with van der Waals surface area (Å²) < 4.78 is 9.77. The van der Waals surface area contributed by atoms with Crippen molar-refractivity contribution in [3.63, 3.8) is 0 Å². The minimum Gasteiger partial charge on any atom is -0.496 e. The van der Waals surface area contributed by atoms with Crippen LogP contribution in [0.1, 0.15) is 5.56 Å². The summed E-state index contributed by atoms with van der Waals surface area (Å²) in [6.45, 7) is 0.636. The molecule has 0 bridgehead atoms. The molecule has 0 unspecified atom stereocenters. The summed E-state index contributed by atoms with van der Waals surface area (Å²) in [5.41, 5.74) is 5.69. The van der Waals surface area contributed by atoms with Crippen molar-refractivity contribution in [3.8, 4) is 5.75 Å². The second-order valence-electron chi connectivity index (χ2n) is 6.57. The molecule has 0 aliphatic heterocycles. The van der Waals surface area contributed by atoms with Crippen molar-refractivity contribution >= 4 is 65.0 Å². The fourth-order valence-corrected chi connectivity index (χ4v) is 5.08. The number of hydrogen-bond acceptors (Lipinski definition) is 3. The van der Waals surface area contributed by atoms with E-state index in [0.29, 0.717) is 6.54 Å². The molecule has 6 heteroatoms. The maximum absolute atomic E-state index is 5.57. The van der Waals surface area contributed by atoms with Crippen LogP contribution in [-0.2, 0) is 6.54 Å². The third kappa shape index (κ3) is 2.79. The number of hydrogen-bond donors (Lipinski definition) is 0. The normalized spacial score (nSPS) is 11.5. The number of rotatable bonds is 3. The van der Waals surface area contributed by atoms with E-state index in [1.54, 1.807) is 7.11 Å². The minimum atomic E-state index is 0.636. The molecule has 0 aliphatic rings. The summed E-state index contributed by atoms with van der Waals surface area (Å²) in [6.07, 6.45) is 0. The van der Waals surface area contributed by atoms with Gasteiger partial charge in [-0.2, -0.15) is 0 Å². The lowest BCUT2D eigenvalue weighted by Crippen LogP contribution is -2.03. The largest absolute Gasteiger partial charge is 0.496 e. The van der Waals surface area contributed by atoms with Gasteiger partial charge in [-0.05, 0) is 46.3 Å². The summed E-state index contributed by atoms with van der Waals surface area (Å²) in [6, 6.07) is 20.2. The smallest absolute Gasteiger partial charge is 0.160 e. The molecule has 28 heavy (non-hydrogen) atoms. The zero-order valence-corrected chi connectivity index (χ0v) is 18.2. The molecular formula is C22H15Br2N3O. The molecule has 5 aromatic rings. The molecule has 0 N–H and O–H groups in total. The van der Waals surface area contributed by atoms with Crippen LogP contribution < -0.4 is 4.74 Å². The van der Waals surface area contributed by atoms with Gasteiger partial charge >= 0.3 is 0 Å². The number of benzene rings is 3. The van der Waals surface area contributed by atoms with E-state index in [9.17, 15) is 0 Å². The Bertz CT molecular complexity index is 1360. The lowest BCUT2D eigenvalue weighted by molar-refractivity contribution is 0.409. The molecular weight excluding hydrogens is 482 g/mol. The van der Waals surface area contributed by atoms with Gasteiger partial charge in [0, 0.05) is 19.9 Å². The number of para-hydroxylation sites is 3. The molecule has 0 atom stereocenters. The SMILES string of the molecule is COc1ccccc1Cn1c2nc3ccccc3nc2c2cc(Br)cc(Br)c21. The van der Waals surface area contributed by atoms with Crippen LogP contribution in [-0.4, -0.2) is 21.6 Å². The highest BCUT2D eigenvalue weighted by molar-refractivity contribution is 9.11. The number of fused-ring (bicyclic) bond motifs is 4. The van der Waals surface area contributed by atoms with Gasteiger partial charge in [-0.15, -0.1) is 0 Å². The van der Waals surface area contributed by atoms with Gasteiger partial charge in [0.2, 0.25) is 0 Å². The number of ether oxygens (including phenoxy) is 1. The summed E-state index contributed by atoms with van der Waals surface area (Å²) >= 11 is 7.35. The van der Waals surface area contributed by atoms with Crippen molar-refractivity contribution in [2.45, 2.75) is 6.54 Å². The molecule has 4 nitrogen and oxygen atoms in total. The van der Waals surface area contributed by atoms with Gasteiger partial charge in [-0.3, -0.25) is 0 Å². The third-order valence-electron chi connectivity index (χ3n) is 4.88. The van der Waals surface area contributed by atoms with Crippen LogP contribution in [0, 0.1) is 0 Å². The molecule has 3 aromatic carbocycles. The van der Waals surface area contributed by atoms with Crippen LogP contribution in [0.3, 0.4) is 0 Å². The van der Waals surface area contributed by atoms with E-state index in [4.69, 9.17) is 14.7 Å². The van der Waals surface area contributed by atoms with Crippen molar-refractivity contribution in [3.05, 3.63) is 75.2 Å². The fraction of sp³-hybridized carbons (Fsp3) is 0.0909. The van der Waals surface area contributed by atoms with Crippen LogP contribution in [0.2, 0.25) is 0 Å². The Morgan fingerprint density at radius 1 is 0.929 bits per heavy atom. The Morgan fingerprint density at radius 2 is 1.64 bits per heavy atom. The van der Waals surface area contributed by atoms with Gasteiger partial charge in [-0.25, -0.2) is 9.97 Å². The van der Waals surface area contributed by atoms with Gasteiger partial charge in [0.05, 0.1) is 30.2 Å². The molecule has 0 radical (unpaired) electrons. The monoisotopic (exact) mass is 495 g/mol. The van der Waals surface area contributed by atoms with Crippen molar-refractivity contribution in [2.24, 2.45) is 0 Å². The molecule has 0 saturated carbocycles. The Hall–Kier alpha value is -2.44. The van der Waals surface area contributed by atoms with Gasteiger partial charge in [0.15, 0.2) is 5.65 Å². The fourth-order valence-electron chi connectivity index (χ4n) is 3.64. The first kappa shape index (κ1) is 17.6. The third-order valence-corrected chi connectivity index (χ3v) is 5.94. The Kier molecular flexibility index (Phi) is 4.33. The van der Waals surface area contributed by atoms with Crippen molar-refractivity contribution in [2.75, 3.05) is 7.11 Å². The molecule has 2 aromatic heterocycles. The Balaban J connectivity index is 1.88. The zero-order chi connectivity index (χ0) is 19.3.